The molecule has 0 spiro atoms. The molecule has 1 heterocycles. The third kappa shape index (κ3) is 2.49. The predicted molar refractivity (Wildman–Crippen MR) is 78.6 cm³/mol. The molecule has 110 valence electrons. The van der Waals surface area contributed by atoms with E-state index in [1.54, 1.807) is 6.07 Å². The van der Waals surface area contributed by atoms with Gasteiger partial charge in [0.1, 0.15) is 18.4 Å². The van der Waals surface area contributed by atoms with Gasteiger partial charge in [-0.25, -0.2) is 0 Å². The van der Waals surface area contributed by atoms with E-state index in [-0.39, 0.29) is 11.3 Å². The summed E-state index contributed by atoms with van der Waals surface area (Å²) in [4.78, 5) is 14.7. The molecule has 1 aliphatic carbocycles. The summed E-state index contributed by atoms with van der Waals surface area (Å²) in [6, 6.07) is 7.70. The Kier molecular flexibility index (Phi) is 3.36. The van der Waals surface area contributed by atoms with Crippen molar-refractivity contribution in [2.24, 2.45) is 11.3 Å². The van der Waals surface area contributed by atoms with Gasteiger partial charge in [0.05, 0.1) is 12.1 Å². The standard InChI is InChI=1S/C17H20N2O2/c1-17(2,14-6-7-14)16(20)19-8-9-21-15-12(10-18)4-3-5-13(15)11-19/h3-5,14H,6-9,11H2,1-2H3. The molecule has 1 amide bonds. The molecular formula is C17H20N2O2. The Labute approximate surface area is 125 Å². The van der Waals surface area contributed by atoms with E-state index >= 15 is 0 Å². The third-order valence-electron chi connectivity index (χ3n) is 4.62. The van der Waals surface area contributed by atoms with Crippen LogP contribution in [0.3, 0.4) is 0 Å². The lowest BCUT2D eigenvalue weighted by Crippen LogP contribution is -2.42. The summed E-state index contributed by atoms with van der Waals surface area (Å²) >= 11 is 0. The minimum atomic E-state index is -0.294. The molecule has 0 bridgehead atoms. The highest BCUT2D eigenvalue weighted by atomic mass is 16.5. The molecule has 1 fully saturated rings. The quantitative estimate of drug-likeness (QED) is 0.839. The van der Waals surface area contributed by atoms with Gasteiger partial charge in [0.15, 0.2) is 0 Å². The summed E-state index contributed by atoms with van der Waals surface area (Å²) in [5, 5.41) is 9.16. The minimum absolute atomic E-state index is 0.198. The molecule has 3 rings (SSSR count). The monoisotopic (exact) mass is 284 g/mol. The highest BCUT2D eigenvalue weighted by Crippen LogP contribution is 2.46. The molecule has 4 heteroatoms. The molecule has 21 heavy (non-hydrogen) atoms. The third-order valence-corrected chi connectivity index (χ3v) is 4.62. The van der Waals surface area contributed by atoms with E-state index in [0.717, 1.165) is 18.4 Å². The Morgan fingerprint density at radius 3 is 2.86 bits per heavy atom. The zero-order valence-corrected chi connectivity index (χ0v) is 12.6. The topological polar surface area (TPSA) is 53.3 Å². The second-order valence-electron chi connectivity index (χ2n) is 6.48. The van der Waals surface area contributed by atoms with Gasteiger partial charge in [-0.3, -0.25) is 4.79 Å². The molecule has 0 radical (unpaired) electrons. The van der Waals surface area contributed by atoms with E-state index < -0.39 is 0 Å². The molecule has 1 aromatic carbocycles. The van der Waals surface area contributed by atoms with Crippen molar-refractivity contribution in [3.63, 3.8) is 0 Å². The minimum Gasteiger partial charge on any atom is -0.490 e. The zero-order chi connectivity index (χ0) is 15.0. The number of rotatable bonds is 2. The second kappa shape index (κ2) is 5.07. The van der Waals surface area contributed by atoms with E-state index in [1.165, 1.54) is 0 Å². The molecule has 0 unspecified atom stereocenters. The number of nitrogens with zero attached hydrogens (tertiary/aromatic N) is 2. The van der Waals surface area contributed by atoms with Crippen LogP contribution >= 0.6 is 0 Å². The number of ether oxygens (including phenoxy) is 1. The van der Waals surface area contributed by atoms with Gasteiger partial charge in [-0.2, -0.15) is 5.26 Å². The lowest BCUT2D eigenvalue weighted by Gasteiger charge is -2.31. The van der Waals surface area contributed by atoms with Crippen LogP contribution in [-0.4, -0.2) is 24.0 Å². The largest absolute Gasteiger partial charge is 0.490 e. The number of para-hydroxylation sites is 1. The maximum Gasteiger partial charge on any atom is 0.228 e. The normalized spacial score (nSPS) is 18.2. The van der Waals surface area contributed by atoms with Crippen molar-refractivity contribution in [1.82, 2.24) is 4.90 Å². The first kappa shape index (κ1) is 13.9. The van der Waals surface area contributed by atoms with Crippen molar-refractivity contribution in [1.29, 1.82) is 5.26 Å². The number of benzene rings is 1. The predicted octanol–water partition coefficient (Wildman–Crippen LogP) is 2.72. The molecule has 0 aromatic heterocycles. The van der Waals surface area contributed by atoms with Crippen molar-refractivity contribution in [3.8, 4) is 11.8 Å². The van der Waals surface area contributed by atoms with Crippen molar-refractivity contribution >= 4 is 5.91 Å². The number of fused-ring (bicyclic) bond motifs is 1. The first-order valence-electron chi connectivity index (χ1n) is 7.48. The molecule has 4 nitrogen and oxygen atoms in total. The van der Waals surface area contributed by atoms with E-state index in [9.17, 15) is 4.79 Å². The average Bonchev–Trinajstić information content (AvgIpc) is 3.31. The Hall–Kier alpha value is -2.02. The van der Waals surface area contributed by atoms with Gasteiger partial charge in [0.2, 0.25) is 5.91 Å². The summed E-state index contributed by atoms with van der Waals surface area (Å²) < 4.78 is 5.72. The fraction of sp³-hybridized carbons (Fsp3) is 0.529. The van der Waals surface area contributed by atoms with E-state index in [1.807, 2.05) is 30.9 Å². The summed E-state index contributed by atoms with van der Waals surface area (Å²) in [6.45, 7) is 5.64. The number of nitriles is 1. The Bertz CT molecular complexity index is 612. The van der Waals surface area contributed by atoms with Gasteiger partial charge in [-0.1, -0.05) is 26.0 Å². The smallest absolute Gasteiger partial charge is 0.228 e. The van der Waals surface area contributed by atoms with Crippen molar-refractivity contribution < 1.29 is 9.53 Å². The second-order valence-corrected chi connectivity index (χ2v) is 6.48. The molecule has 1 aromatic rings. The average molecular weight is 284 g/mol. The number of hydrogen-bond donors (Lipinski definition) is 0. The molecule has 0 atom stereocenters. The zero-order valence-electron chi connectivity index (χ0n) is 12.6. The Morgan fingerprint density at radius 1 is 1.43 bits per heavy atom. The maximum atomic E-state index is 12.8. The first-order chi connectivity index (χ1) is 10.0. The van der Waals surface area contributed by atoms with Gasteiger partial charge in [0.25, 0.3) is 0 Å². The van der Waals surface area contributed by atoms with Crippen molar-refractivity contribution in [2.75, 3.05) is 13.2 Å². The van der Waals surface area contributed by atoms with Crippen LogP contribution in [0.4, 0.5) is 0 Å². The SMILES string of the molecule is CC(C)(C(=O)N1CCOc2c(C#N)cccc2C1)C1CC1. The molecule has 1 saturated carbocycles. The van der Waals surface area contributed by atoms with E-state index in [4.69, 9.17) is 10.00 Å². The van der Waals surface area contributed by atoms with Crippen LogP contribution in [-0.2, 0) is 11.3 Å². The van der Waals surface area contributed by atoms with Crippen LogP contribution in [0, 0.1) is 22.7 Å². The van der Waals surface area contributed by atoms with Crippen LogP contribution in [0.1, 0.15) is 37.8 Å². The lowest BCUT2D eigenvalue weighted by atomic mass is 9.85. The lowest BCUT2D eigenvalue weighted by molar-refractivity contribution is -0.142. The molecule has 0 saturated heterocycles. The van der Waals surface area contributed by atoms with Crippen LogP contribution in [0.2, 0.25) is 0 Å². The summed E-state index contributed by atoms with van der Waals surface area (Å²) in [6.07, 6.45) is 2.30. The van der Waals surface area contributed by atoms with Crippen LogP contribution < -0.4 is 4.74 Å². The van der Waals surface area contributed by atoms with Crippen LogP contribution in [0.5, 0.6) is 5.75 Å². The van der Waals surface area contributed by atoms with Crippen molar-refractivity contribution in [2.45, 2.75) is 33.2 Å². The molecule has 2 aliphatic rings. The number of hydrogen-bond acceptors (Lipinski definition) is 3. The van der Waals surface area contributed by atoms with Gasteiger partial charge in [-0.05, 0) is 24.8 Å². The summed E-state index contributed by atoms with van der Waals surface area (Å²) in [5.74, 6) is 1.35. The number of carbonyl (C=O) groups excluding carboxylic acids is 1. The molecule has 0 N–H and O–H groups in total. The van der Waals surface area contributed by atoms with E-state index in [0.29, 0.717) is 36.9 Å². The van der Waals surface area contributed by atoms with Crippen LogP contribution in [0.25, 0.3) is 0 Å². The van der Waals surface area contributed by atoms with Gasteiger partial charge >= 0.3 is 0 Å². The van der Waals surface area contributed by atoms with Crippen molar-refractivity contribution in [3.05, 3.63) is 29.3 Å². The highest BCUT2D eigenvalue weighted by molar-refractivity contribution is 5.83. The Morgan fingerprint density at radius 2 is 2.19 bits per heavy atom. The van der Waals surface area contributed by atoms with Gasteiger partial charge in [-0.15, -0.1) is 0 Å². The highest BCUT2D eigenvalue weighted by Gasteiger charge is 2.45. The number of amides is 1. The summed E-state index contributed by atoms with van der Waals surface area (Å²) in [5.41, 5.74) is 1.17. The fourth-order valence-electron chi connectivity index (χ4n) is 3.07. The molecule has 1 aliphatic heterocycles. The first-order valence-corrected chi connectivity index (χ1v) is 7.48. The fourth-order valence-corrected chi connectivity index (χ4v) is 3.07. The maximum absolute atomic E-state index is 12.8. The van der Waals surface area contributed by atoms with Gasteiger partial charge in [0, 0.05) is 17.5 Å². The van der Waals surface area contributed by atoms with Gasteiger partial charge < -0.3 is 9.64 Å². The van der Waals surface area contributed by atoms with Crippen LogP contribution in [0.15, 0.2) is 18.2 Å². The molecular weight excluding hydrogens is 264 g/mol. The Balaban J connectivity index is 1.86. The van der Waals surface area contributed by atoms with E-state index in [2.05, 4.69) is 6.07 Å². The summed E-state index contributed by atoms with van der Waals surface area (Å²) in [7, 11) is 0. The number of carbonyl (C=O) groups is 1.